The number of benzene rings is 3. The van der Waals surface area contributed by atoms with Crippen LogP contribution in [0.2, 0.25) is 0 Å². The molecule has 29 heavy (non-hydrogen) atoms. The van der Waals surface area contributed by atoms with Crippen LogP contribution in [0.4, 0.5) is 0 Å². The van der Waals surface area contributed by atoms with Crippen molar-refractivity contribution in [3.05, 3.63) is 96.1 Å². The summed E-state index contributed by atoms with van der Waals surface area (Å²) in [6, 6.07) is 28.0. The topological polar surface area (TPSA) is 41.6 Å². The maximum Gasteiger partial charge on any atom is 0.227 e. The molecule has 4 rings (SSSR count). The molecule has 3 aromatic carbocycles. The number of rotatable bonds is 6. The minimum Gasteiger partial charge on any atom is -0.457 e. The number of carbonyl (C=O) groups excluding carboxylic acids is 1. The molecule has 0 unspecified atom stereocenters. The van der Waals surface area contributed by atoms with Gasteiger partial charge in [0.2, 0.25) is 5.91 Å². The molecule has 148 valence electrons. The van der Waals surface area contributed by atoms with Crippen LogP contribution in [0.3, 0.4) is 0 Å². The highest BCUT2D eigenvalue weighted by atomic mass is 16.5. The van der Waals surface area contributed by atoms with Crippen molar-refractivity contribution >= 4 is 5.91 Å². The van der Waals surface area contributed by atoms with Gasteiger partial charge < -0.3 is 15.0 Å². The first kappa shape index (κ1) is 19.2. The summed E-state index contributed by atoms with van der Waals surface area (Å²) in [6.07, 6.45) is 1.20. The minimum absolute atomic E-state index is 0.150. The fraction of sp³-hybridized carbons (Fsp3) is 0.240. The number of piperazine rings is 1. The van der Waals surface area contributed by atoms with Crippen molar-refractivity contribution < 1.29 is 9.53 Å². The van der Waals surface area contributed by atoms with Gasteiger partial charge in [-0.25, -0.2) is 0 Å². The third-order valence-electron chi connectivity index (χ3n) is 5.27. The van der Waals surface area contributed by atoms with Crippen molar-refractivity contribution in [2.75, 3.05) is 19.6 Å². The molecule has 1 heterocycles. The number of hydrogen-bond donors (Lipinski definition) is 1. The van der Waals surface area contributed by atoms with E-state index in [-0.39, 0.29) is 11.9 Å². The van der Waals surface area contributed by atoms with Gasteiger partial charge >= 0.3 is 0 Å². The van der Waals surface area contributed by atoms with Crippen molar-refractivity contribution in [1.82, 2.24) is 10.2 Å². The maximum atomic E-state index is 13.2. The van der Waals surface area contributed by atoms with Gasteiger partial charge in [-0.15, -0.1) is 0 Å². The molecule has 0 spiro atoms. The Labute approximate surface area is 172 Å². The summed E-state index contributed by atoms with van der Waals surface area (Å²) >= 11 is 0. The Morgan fingerprint density at radius 3 is 2.41 bits per heavy atom. The van der Waals surface area contributed by atoms with Gasteiger partial charge in [0, 0.05) is 31.2 Å². The van der Waals surface area contributed by atoms with Crippen molar-refractivity contribution in [2.45, 2.75) is 18.9 Å². The maximum absolute atomic E-state index is 13.2. The molecule has 1 atom stereocenters. The van der Waals surface area contributed by atoms with Crippen LogP contribution < -0.4 is 10.1 Å². The fourth-order valence-corrected chi connectivity index (χ4v) is 3.79. The van der Waals surface area contributed by atoms with Gasteiger partial charge in [-0.1, -0.05) is 66.7 Å². The molecule has 1 aliphatic rings. The second kappa shape index (κ2) is 9.39. The largest absolute Gasteiger partial charge is 0.457 e. The molecule has 0 bridgehead atoms. The summed E-state index contributed by atoms with van der Waals surface area (Å²) in [6.45, 7) is 2.39. The lowest BCUT2D eigenvalue weighted by Gasteiger charge is -2.36. The lowest BCUT2D eigenvalue weighted by Crippen LogP contribution is -2.54. The van der Waals surface area contributed by atoms with Gasteiger partial charge in [0.15, 0.2) is 0 Å². The van der Waals surface area contributed by atoms with Gasteiger partial charge in [-0.3, -0.25) is 4.79 Å². The SMILES string of the molecule is O=C(Cc1ccccc1Oc1ccccc1)N1CCNC[C@H]1Cc1ccccc1. The summed E-state index contributed by atoms with van der Waals surface area (Å²) in [7, 11) is 0. The van der Waals surface area contributed by atoms with Gasteiger partial charge in [0.05, 0.1) is 6.42 Å². The third-order valence-corrected chi connectivity index (χ3v) is 5.27. The highest BCUT2D eigenvalue weighted by Gasteiger charge is 2.27. The van der Waals surface area contributed by atoms with E-state index in [1.54, 1.807) is 0 Å². The summed E-state index contributed by atoms with van der Waals surface area (Å²) in [5.74, 6) is 1.66. The molecule has 0 saturated carbocycles. The molecule has 4 nitrogen and oxygen atoms in total. The molecule has 1 N–H and O–H groups in total. The van der Waals surface area contributed by atoms with Crippen LogP contribution >= 0.6 is 0 Å². The second-order valence-electron chi connectivity index (χ2n) is 7.33. The Morgan fingerprint density at radius 2 is 1.62 bits per heavy atom. The number of ether oxygens (including phenoxy) is 1. The predicted octanol–water partition coefficient (Wildman–Crippen LogP) is 4.06. The van der Waals surface area contributed by atoms with Crippen LogP contribution in [-0.4, -0.2) is 36.5 Å². The lowest BCUT2D eigenvalue weighted by molar-refractivity contribution is -0.133. The van der Waals surface area contributed by atoms with Crippen molar-refractivity contribution in [2.24, 2.45) is 0 Å². The van der Waals surface area contributed by atoms with E-state index >= 15 is 0 Å². The Morgan fingerprint density at radius 1 is 0.931 bits per heavy atom. The zero-order valence-electron chi connectivity index (χ0n) is 16.5. The molecule has 4 heteroatoms. The molecule has 0 radical (unpaired) electrons. The first-order chi connectivity index (χ1) is 14.3. The summed E-state index contributed by atoms with van der Waals surface area (Å²) in [5, 5.41) is 3.43. The molecular formula is C25H26N2O2. The van der Waals surface area contributed by atoms with Gasteiger partial charge in [0.25, 0.3) is 0 Å². The van der Waals surface area contributed by atoms with Crippen LogP contribution in [-0.2, 0) is 17.6 Å². The van der Waals surface area contributed by atoms with Crippen molar-refractivity contribution in [3.63, 3.8) is 0 Å². The normalized spacial score (nSPS) is 16.4. The van der Waals surface area contributed by atoms with Crippen LogP contribution in [0.25, 0.3) is 0 Å². The highest BCUT2D eigenvalue weighted by molar-refractivity contribution is 5.80. The lowest BCUT2D eigenvalue weighted by atomic mass is 10.0. The zero-order valence-corrected chi connectivity index (χ0v) is 16.5. The minimum atomic E-state index is 0.150. The second-order valence-corrected chi connectivity index (χ2v) is 7.33. The van der Waals surface area contributed by atoms with E-state index < -0.39 is 0 Å². The Hall–Kier alpha value is -3.11. The Kier molecular flexibility index (Phi) is 6.22. The van der Waals surface area contributed by atoms with Crippen molar-refractivity contribution in [1.29, 1.82) is 0 Å². The summed E-state index contributed by atoms with van der Waals surface area (Å²) in [5.41, 5.74) is 2.17. The fourth-order valence-electron chi connectivity index (χ4n) is 3.79. The van der Waals surface area contributed by atoms with Gasteiger partial charge in [0.1, 0.15) is 11.5 Å². The first-order valence-electron chi connectivity index (χ1n) is 10.1. The number of carbonyl (C=O) groups is 1. The summed E-state index contributed by atoms with van der Waals surface area (Å²) in [4.78, 5) is 15.2. The van der Waals surface area contributed by atoms with E-state index in [9.17, 15) is 4.79 Å². The smallest absolute Gasteiger partial charge is 0.227 e. The van der Waals surface area contributed by atoms with E-state index in [0.29, 0.717) is 6.42 Å². The molecule has 0 aliphatic carbocycles. The summed E-state index contributed by atoms with van der Waals surface area (Å²) < 4.78 is 6.04. The predicted molar refractivity (Wildman–Crippen MR) is 115 cm³/mol. The average molecular weight is 386 g/mol. The highest BCUT2D eigenvalue weighted by Crippen LogP contribution is 2.26. The van der Waals surface area contributed by atoms with Crippen LogP contribution in [0.5, 0.6) is 11.5 Å². The monoisotopic (exact) mass is 386 g/mol. The van der Waals surface area contributed by atoms with E-state index in [2.05, 4.69) is 29.6 Å². The van der Waals surface area contributed by atoms with Crippen molar-refractivity contribution in [3.8, 4) is 11.5 Å². The van der Waals surface area contributed by atoms with E-state index in [1.165, 1.54) is 5.56 Å². The molecule has 1 aliphatic heterocycles. The van der Waals surface area contributed by atoms with Gasteiger partial charge in [-0.05, 0) is 30.2 Å². The molecule has 3 aromatic rings. The van der Waals surface area contributed by atoms with E-state index in [0.717, 1.165) is 43.1 Å². The number of amides is 1. The van der Waals surface area contributed by atoms with E-state index in [1.807, 2.05) is 65.6 Å². The third kappa shape index (κ3) is 5.04. The zero-order chi connectivity index (χ0) is 19.9. The number of nitrogens with zero attached hydrogens (tertiary/aromatic N) is 1. The Bertz CT molecular complexity index is 928. The number of para-hydroxylation sites is 2. The average Bonchev–Trinajstić information content (AvgIpc) is 2.77. The standard InChI is InChI=1S/C25H26N2O2/c28-25(27-16-15-26-19-22(27)17-20-9-3-1-4-10-20)18-21-11-7-8-14-24(21)29-23-12-5-2-6-13-23/h1-14,22,26H,15-19H2/t22-/m1/s1. The number of nitrogens with one attached hydrogen (secondary N) is 1. The molecule has 1 saturated heterocycles. The van der Waals surface area contributed by atoms with Gasteiger partial charge in [-0.2, -0.15) is 0 Å². The molecule has 1 fully saturated rings. The van der Waals surface area contributed by atoms with E-state index in [4.69, 9.17) is 4.74 Å². The number of hydrogen-bond acceptors (Lipinski definition) is 3. The Balaban J connectivity index is 1.48. The molecule has 0 aromatic heterocycles. The molecular weight excluding hydrogens is 360 g/mol. The van der Waals surface area contributed by atoms with Crippen LogP contribution in [0.1, 0.15) is 11.1 Å². The van der Waals surface area contributed by atoms with Crippen LogP contribution in [0.15, 0.2) is 84.9 Å². The van der Waals surface area contributed by atoms with Crippen LogP contribution in [0, 0.1) is 0 Å². The first-order valence-corrected chi connectivity index (χ1v) is 10.1. The molecule has 1 amide bonds. The quantitative estimate of drug-likeness (QED) is 0.695.